The number of anilines is 1. The number of halogens is 1. The Morgan fingerprint density at radius 2 is 2.00 bits per heavy atom. The largest absolute Gasteiger partial charge is 0.503 e. The predicted molar refractivity (Wildman–Crippen MR) is 124 cm³/mol. The number of aliphatic hydroxyl groups is 1. The average molecular weight is 467 g/mol. The van der Waals surface area contributed by atoms with Gasteiger partial charge in [0, 0.05) is 5.02 Å². The molecular formula is C23H15ClN2O3S2. The van der Waals surface area contributed by atoms with Crippen molar-refractivity contribution in [1.29, 1.82) is 0 Å². The third-order valence-corrected chi connectivity index (χ3v) is 7.22. The molecule has 0 saturated carbocycles. The van der Waals surface area contributed by atoms with E-state index in [9.17, 15) is 14.7 Å². The maximum Gasteiger partial charge on any atom is 0.296 e. The van der Waals surface area contributed by atoms with Crippen molar-refractivity contribution in [3.8, 4) is 0 Å². The molecule has 1 aliphatic rings. The minimum atomic E-state index is -0.831. The van der Waals surface area contributed by atoms with Crippen LogP contribution in [0.5, 0.6) is 0 Å². The summed E-state index contributed by atoms with van der Waals surface area (Å²) in [5.74, 6) is -1.59. The standard InChI is InChI=1S/C23H15ClN2O3S2/c1-12-7-8-15-17(10-12)31-23(25-15)26-19(13-4-2-5-14(24)11-13)18(21(28)22(26)29)20(27)16-6-3-9-30-16/h2-11,19,28H,1H3/t19-/m0/s1. The van der Waals surface area contributed by atoms with Gasteiger partial charge < -0.3 is 5.11 Å². The summed E-state index contributed by atoms with van der Waals surface area (Å²) < 4.78 is 0.921. The molecule has 31 heavy (non-hydrogen) atoms. The molecule has 1 aliphatic heterocycles. The molecule has 0 bridgehead atoms. The van der Waals surface area contributed by atoms with Gasteiger partial charge >= 0.3 is 0 Å². The van der Waals surface area contributed by atoms with Crippen molar-refractivity contribution in [2.75, 3.05) is 4.90 Å². The Labute approximate surface area is 190 Å². The number of benzene rings is 2. The van der Waals surface area contributed by atoms with Crippen molar-refractivity contribution in [1.82, 2.24) is 4.98 Å². The number of ketones is 1. The van der Waals surface area contributed by atoms with E-state index in [0.717, 1.165) is 15.8 Å². The van der Waals surface area contributed by atoms with E-state index in [1.54, 1.807) is 41.8 Å². The smallest absolute Gasteiger partial charge is 0.296 e. The second-order valence-corrected chi connectivity index (χ2v) is 9.56. The summed E-state index contributed by atoms with van der Waals surface area (Å²) in [6, 6.07) is 15.4. The molecule has 3 heterocycles. The molecule has 5 nitrogen and oxygen atoms in total. The minimum absolute atomic E-state index is 0.0325. The topological polar surface area (TPSA) is 70.5 Å². The summed E-state index contributed by atoms with van der Waals surface area (Å²) in [6.45, 7) is 1.99. The van der Waals surface area contributed by atoms with Gasteiger partial charge in [-0.15, -0.1) is 11.3 Å². The molecule has 4 aromatic rings. The summed E-state index contributed by atoms with van der Waals surface area (Å²) in [4.78, 5) is 33.0. The van der Waals surface area contributed by atoms with Gasteiger partial charge in [-0.05, 0) is 53.8 Å². The predicted octanol–water partition coefficient (Wildman–Crippen LogP) is 6.10. The number of nitrogens with zero attached hydrogens (tertiary/aromatic N) is 2. The highest BCUT2D eigenvalue weighted by atomic mass is 35.5. The monoisotopic (exact) mass is 466 g/mol. The van der Waals surface area contributed by atoms with Gasteiger partial charge in [-0.25, -0.2) is 4.98 Å². The SMILES string of the molecule is Cc1ccc2nc(N3C(=O)C(O)=C(C(=O)c4cccs4)[C@@H]3c3cccc(Cl)c3)sc2c1. The van der Waals surface area contributed by atoms with Crippen molar-refractivity contribution in [3.63, 3.8) is 0 Å². The van der Waals surface area contributed by atoms with E-state index in [4.69, 9.17) is 11.6 Å². The first-order valence-electron chi connectivity index (χ1n) is 9.41. The molecular weight excluding hydrogens is 452 g/mol. The summed E-state index contributed by atoms with van der Waals surface area (Å²) in [5.41, 5.74) is 2.49. The van der Waals surface area contributed by atoms with E-state index in [1.807, 2.05) is 25.1 Å². The van der Waals surface area contributed by atoms with Crippen molar-refractivity contribution in [2.45, 2.75) is 13.0 Å². The average Bonchev–Trinajstić information content (AvgIpc) is 3.46. The molecule has 0 aliphatic carbocycles. The lowest BCUT2D eigenvalue weighted by Crippen LogP contribution is -2.30. The fourth-order valence-corrected chi connectivity index (χ4v) is 5.66. The Bertz CT molecular complexity index is 1370. The second-order valence-electron chi connectivity index (χ2n) is 7.17. The first-order chi connectivity index (χ1) is 14.9. The summed E-state index contributed by atoms with van der Waals surface area (Å²) in [7, 11) is 0. The highest BCUT2D eigenvalue weighted by molar-refractivity contribution is 7.22. The lowest BCUT2D eigenvalue weighted by molar-refractivity contribution is -0.117. The summed E-state index contributed by atoms with van der Waals surface area (Å²) >= 11 is 8.82. The van der Waals surface area contributed by atoms with Gasteiger partial charge in [0.2, 0.25) is 5.78 Å². The Morgan fingerprint density at radius 3 is 2.74 bits per heavy atom. The van der Waals surface area contributed by atoms with Crippen LogP contribution in [0.15, 0.2) is 71.3 Å². The highest BCUT2D eigenvalue weighted by Gasteiger charge is 2.46. The molecule has 1 N–H and O–H groups in total. The van der Waals surface area contributed by atoms with Gasteiger partial charge in [-0.2, -0.15) is 0 Å². The van der Waals surface area contributed by atoms with Gasteiger partial charge in [0.05, 0.1) is 26.7 Å². The first-order valence-corrected chi connectivity index (χ1v) is 11.5. The number of aromatic nitrogens is 1. The van der Waals surface area contributed by atoms with E-state index in [1.165, 1.54) is 27.6 Å². The van der Waals surface area contributed by atoms with Crippen LogP contribution in [-0.2, 0) is 4.79 Å². The molecule has 2 aromatic carbocycles. The summed E-state index contributed by atoms with van der Waals surface area (Å²) in [5, 5.41) is 13.5. The number of carbonyl (C=O) groups excluding carboxylic acids is 2. The maximum atomic E-state index is 13.3. The number of aliphatic hydroxyl groups excluding tert-OH is 1. The molecule has 8 heteroatoms. The molecule has 0 fully saturated rings. The minimum Gasteiger partial charge on any atom is -0.503 e. The number of thiophene rings is 1. The second kappa shape index (κ2) is 7.60. The third kappa shape index (κ3) is 3.35. The molecule has 1 atom stereocenters. The quantitative estimate of drug-likeness (QED) is 0.369. The molecule has 0 saturated heterocycles. The fraction of sp³-hybridized carbons (Fsp3) is 0.0870. The zero-order valence-corrected chi connectivity index (χ0v) is 18.6. The number of amides is 1. The van der Waals surface area contributed by atoms with Crippen molar-refractivity contribution >= 4 is 61.3 Å². The fourth-order valence-electron chi connectivity index (χ4n) is 3.69. The third-order valence-electron chi connectivity index (χ3n) is 5.10. The van der Waals surface area contributed by atoms with Crippen LogP contribution < -0.4 is 4.90 Å². The summed E-state index contributed by atoms with van der Waals surface area (Å²) in [6.07, 6.45) is 0. The van der Waals surface area contributed by atoms with E-state index < -0.39 is 17.7 Å². The van der Waals surface area contributed by atoms with Gasteiger partial charge in [0.25, 0.3) is 5.91 Å². The number of carbonyl (C=O) groups is 2. The number of hydrogen-bond acceptors (Lipinski definition) is 6. The van der Waals surface area contributed by atoms with Gasteiger partial charge in [-0.1, -0.05) is 47.2 Å². The molecule has 2 aromatic heterocycles. The highest BCUT2D eigenvalue weighted by Crippen LogP contribution is 2.44. The molecule has 5 rings (SSSR count). The van der Waals surface area contributed by atoms with Crippen LogP contribution in [0.25, 0.3) is 10.2 Å². The Morgan fingerprint density at radius 1 is 1.16 bits per heavy atom. The molecule has 1 amide bonds. The molecule has 0 spiro atoms. The van der Waals surface area contributed by atoms with E-state index >= 15 is 0 Å². The van der Waals surface area contributed by atoms with Crippen LogP contribution in [0.4, 0.5) is 5.13 Å². The zero-order valence-electron chi connectivity index (χ0n) is 16.2. The Hall–Kier alpha value is -3.00. The molecule has 0 unspecified atom stereocenters. The number of Topliss-reactive ketones (excluding diaryl/α,β-unsaturated/α-hetero) is 1. The lowest BCUT2D eigenvalue weighted by atomic mass is 9.95. The molecule has 0 radical (unpaired) electrons. The first kappa shape index (κ1) is 19.9. The Balaban J connectivity index is 1.70. The van der Waals surface area contributed by atoms with Crippen LogP contribution >= 0.6 is 34.3 Å². The number of rotatable bonds is 4. The van der Waals surface area contributed by atoms with E-state index in [-0.39, 0.29) is 11.4 Å². The van der Waals surface area contributed by atoms with Crippen molar-refractivity contribution < 1.29 is 14.7 Å². The Kier molecular flexibility index (Phi) is 4.89. The van der Waals surface area contributed by atoms with Crippen molar-refractivity contribution in [2.24, 2.45) is 0 Å². The van der Waals surface area contributed by atoms with E-state index in [0.29, 0.717) is 20.6 Å². The van der Waals surface area contributed by atoms with Crippen LogP contribution in [0, 0.1) is 6.92 Å². The van der Waals surface area contributed by atoms with Crippen LogP contribution in [0.3, 0.4) is 0 Å². The van der Waals surface area contributed by atoms with Gasteiger partial charge in [0.15, 0.2) is 10.9 Å². The lowest BCUT2D eigenvalue weighted by Gasteiger charge is -2.24. The zero-order chi connectivity index (χ0) is 21.7. The van der Waals surface area contributed by atoms with E-state index in [2.05, 4.69) is 4.98 Å². The number of thiazole rings is 1. The maximum absolute atomic E-state index is 13.3. The van der Waals surface area contributed by atoms with Gasteiger partial charge in [-0.3, -0.25) is 14.5 Å². The number of hydrogen-bond donors (Lipinski definition) is 1. The molecule has 154 valence electrons. The normalized spacial score (nSPS) is 16.5. The van der Waals surface area contributed by atoms with Crippen molar-refractivity contribution in [3.05, 3.63) is 92.3 Å². The number of aryl methyl sites for hydroxylation is 1. The van der Waals surface area contributed by atoms with Crippen LogP contribution in [0.2, 0.25) is 5.02 Å². The van der Waals surface area contributed by atoms with Crippen LogP contribution in [-0.4, -0.2) is 21.8 Å². The number of fused-ring (bicyclic) bond motifs is 1. The van der Waals surface area contributed by atoms with Crippen LogP contribution in [0.1, 0.15) is 26.8 Å². The van der Waals surface area contributed by atoms with Gasteiger partial charge in [0.1, 0.15) is 0 Å².